The van der Waals surface area contributed by atoms with Crippen LogP contribution in [0.3, 0.4) is 0 Å². The molecule has 2 unspecified atom stereocenters. The molecule has 1 aliphatic rings. The molecule has 2 atom stereocenters. The fourth-order valence-electron chi connectivity index (χ4n) is 2.50. The third-order valence-corrected chi connectivity index (χ3v) is 4.95. The first kappa shape index (κ1) is 14.7. The van der Waals surface area contributed by atoms with Crippen LogP contribution in [0.15, 0.2) is 0 Å². The zero-order chi connectivity index (χ0) is 14.2. The van der Waals surface area contributed by atoms with Gasteiger partial charge in [0.25, 0.3) is 0 Å². The number of nitrogens with one attached hydrogen (secondary N) is 1. The van der Waals surface area contributed by atoms with Gasteiger partial charge in [0.15, 0.2) is 0 Å². The number of aromatic nitrogens is 2. The van der Waals surface area contributed by atoms with Crippen LogP contribution < -0.4 is 5.32 Å². The van der Waals surface area contributed by atoms with Crippen molar-refractivity contribution in [2.75, 3.05) is 12.8 Å². The molecule has 0 fully saturated rings. The topological polar surface area (TPSA) is 46.9 Å². The Hall–Kier alpha value is -0.680. The number of fused-ring (bicyclic) bond motifs is 1. The van der Waals surface area contributed by atoms with E-state index in [1.54, 1.807) is 6.26 Å². The molecule has 0 saturated carbocycles. The van der Waals surface area contributed by atoms with Crippen molar-refractivity contribution in [3.63, 3.8) is 0 Å². The van der Waals surface area contributed by atoms with Gasteiger partial charge < -0.3 is 9.88 Å². The van der Waals surface area contributed by atoms with Gasteiger partial charge in [-0.15, -0.1) is 0 Å². The largest absolute Gasteiger partial charge is 0.330 e. The molecule has 4 nitrogen and oxygen atoms in total. The van der Waals surface area contributed by atoms with E-state index in [9.17, 15) is 4.21 Å². The highest BCUT2D eigenvalue weighted by atomic mass is 32.2. The molecule has 0 aromatic carbocycles. The van der Waals surface area contributed by atoms with Gasteiger partial charge in [-0.2, -0.15) is 0 Å². The summed E-state index contributed by atoms with van der Waals surface area (Å²) in [6.45, 7) is 11.3. The Labute approximate surface area is 118 Å². The smallest absolute Gasteiger partial charge is 0.114 e. The summed E-state index contributed by atoms with van der Waals surface area (Å²) in [6, 6.07) is 0. The maximum atomic E-state index is 11.7. The van der Waals surface area contributed by atoms with E-state index >= 15 is 0 Å². The van der Waals surface area contributed by atoms with Crippen molar-refractivity contribution >= 4 is 10.8 Å². The van der Waals surface area contributed by atoms with Gasteiger partial charge in [0.2, 0.25) is 0 Å². The van der Waals surface area contributed by atoms with Crippen LogP contribution in [0.25, 0.3) is 0 Å². The lowest BCUT2D eigenvalue weighted by atomic mass is 9.95. The van der Waals surface area contributed by atoms with E-state index in [1.807, 2.05) is 0 Å². The van der Waals surface area contributed by atoms with E-state index in [1.165, 1.54) is 11.4 Å². The van der Waals surface area contributed by atoms with Crippen LogP contribution in [0.4, 0.5) is 0 Å². The highest BCUT2D eigenvalue weighted by molar-refractivity contribution is 7.84. The molecule has 1 aliphatic heterocycles. The summed E-state index contributed by atoms with van der Waals surface area (Å²) in [6.07, 6.45) is 2.80. The first-order valence-corrected chi connectivity index (χ1v) is 8.54. The fraction of sp³-hybridized carbons (Fsp3) is 0.786. The maximum Gasteiger partial charge on any atom is 0.114 e. The first-order chi connectivity index (χ1) is 8.80. The van der Waals surface area contributed by atoms with Gasteiger partial charge in [-0.25, -0.2) is 4.98 Å². The second kappa shape index (κ2) is 5.37. The average molecular weight is 283 g/mol. The lowest BCUT2D eigenvalue weighted by molar-refractivity contribution is 0.486. The standard InChI is InChI=1S/C14H25N3OS/c1-10(19(5)18)9-17-12-6-7-15-8-11(12)16-13(17)14(2,3)4/h10,15H,6-9H2,1-5H3. The van der Waals surface area contributed by atoms with Crippen molar-refractivity contribution in [2.45, 2.75) is 57.9 Å². The van der Waals surface area contributed by atoms with Crippen molar-refractivity contribution in [2.24, 2.45) is 0 Å². The third kappa shape index (κ3) is 3.08. The number of imidazole rings is 1. The molecule has 0 radical (unpaired) electrons. The molecule has 5 heteroatoms. The Morgan fingerprint density at radius 2 is 2.16 bits per heavy atom. The lowest BCUT2D eigenvalue weighted by Gasteiger charge is -2.23. The molecular formula is C14H25N3OS. The zero-order valence-electron chi connectivity index (χ0n) is 12.6. The minimum absolute atomic E-state index is 0.0201. The molecule has 0 saturated heterocycles. The highest BCUT2D eigenvalue weighted by Crippen LogP contribution is 2.26. The number of hydrogen-bond acceptors (Lipinski definition) is 3. The lowest BCUT2D eigenvalue weighted by Crippen LogP contribution is -2.28. The second-order valence-corrected chi connectivity index (χ2v) is 8.23. The van der Waals surface area contributed by atoms with Gasteiger partial charge in [0, 0.05) is 59.5 Å². The minimum atomic E-state index is -0.795. The molecule has 19 heavy (non-hydrogen) atoms. The van der Waals surface area contributed by atoms with E-state index in [0.29, 0.717) is 0 Å². The zero-order valence-corrected chi connectivity index (χ0v) is 13.4. The summed E-state index contributed by atoms with van der Waals surface area (Å²) >= 11 is 0. The molecule has 0 amide bonds. The fourth-order valence-corrected chi connectivity index (χ4v) is 2.86. The molecule has 2 rings (SSSR count). The van der Waals surface area contributed by atoms with Gasteiger partial charge >= 0.3 is 0 Å². The van der Waals surface area contributed by atoms with Crippen molar-refractivity contribution in [3.05, 3.63) is 17.2 Å². The quantitative estimate of drug-likeness (QED) is 0.916. The van der Waals surface area contributed by atoms with Crippen molar-refractivity contribution in [1.29, 1.82) is 0 Å². The van der Waals surface area contributed by atoms with Gasteiger partial charge in [-0.05, 0) is 6.92 Å². The van der Waals surface area contributed by atoms with E-state index < -0.39 is 10.8 Å². The first-order valence-electron chi connectivity index (χ1n) is 6.92. The number of hydrogen-bond donors (Lipinski definition) is 1. The van der Waals surface area contributed by atoms with E-state index in [2.05, 4.69) is 37.6 Å². The predicted molar refractivity (Wildman–Crippen MR) is 79.9 cm³/mol. The normalized spacial score (nSPS) is 19.0. The van der Waals surface area contributed by atoms with Crippen LogP contribution in [0.1, 0.15) is 44.9 Å². The maximum absolute atomic E-state index is 11.7. The summed E-state index contributed by atoms with van der Waals surface area (Å²) in [4.78, 5) is 4.84. The Morgan fingerprint density at radius 1 is 1.47 bits per heavy atom. The van der Waals surface area contributed by atoms with Crippen LogP contribution >= 0.6 is 0 Å². The molecule has 0 spiro atoms. The summed E-state index contributed by atoms with van der Waals surface area (Å²) in [5.74, 6) is 1.12. The third-order valence-electron chi connectivity index (χ3n) is 3.66. The molecule has 1 aromatic heterocycles. The molecule has 0 bridgehead atoms. The highest BCUT2D eigenvalue weighted by Gasteiger charge is 2.28. The molecule has 0 aliphatic carbocycles. The predicted octanol–water partition coefficient (Wildman–Crippen LogP) is 1.59. The monoisotopic (exact) mass is 283 g/mol. The van der Waals surface area contributed by atoms with Gasteiger partial charge in [0.05, 0.1) is 5.69 Å². The van der Waals surface area contributed by atoms with Crippen LogP contribution in [0, 0.1) is 0 Å². The van der Waals surface area contributed by atoms with Crippen molar-refractivity contribution in [3.8, 4) is 0 Å². The van der Waals surface area contributed by atoms with Crippen LogP contribution in [0.2, 0.25) is 0 Å². The average Bonchev–Trinajstić information content (AvgIpc) is 2.68. The molecular weight excluding hydrogens is 258 g/mol. The molecule has 2 heterocycles. The SMILES string of the molecule is CC(Cn1c(C(C)(C)C)nc2c1CCNC2)S(C)=O. The molecule has 108 valence electrons. The van der Waals surface area contributed by atoms with Gasteiger partial charge in [0.1, 0.15) is 5.82 Å². The second-order valence-electron chi connectivity index (χ2n) is 6.43. The van der Waals surface area contributed by atoms with E-state index in [0.717, 1.165) is 31.9 Å². The number of nitrogens with zero attached hydrogens (tertiary/aromatic N) is 2. The molecule has 1 N–H and O–H groups in total. The van der Waals surface area contributed by atoms with Crippen LogP contribution in [-0.2, 0) is 35.7 Å². The Kier molecular flexibility index (Phi) is 4.16. The van der Waals surface area contributed by atoms with Crippen molar-refractivity contribution in [1.82, 2.24) is 14.9 Å². The summed E-state index contributed by atoms with van der Waals surface area (Å²) in [5, 5.41) is 3.53. The Bertz CT molecular complexity index is 488. The molecule has 1 aromatic rings. The van der Waals surface area contributed by atoms with Crippen LogP contribution in [-0.4, -0.2) is 31.8 Å². The van der Waals surface area contributed by atoms with Crippen molar-refractivity contribution < 1.29 is 4.21 Å². The van der Waals surface area contributed by atoms with E-state index in [-0.39, 0.29) is 10.7 Å². The minimum Gasteiger partial charge on any atom is -0.330 e. The van der Waals surface area contributed by atoms with Gasteiger partial charge in [-0.3, -0.25) is 4.21 Å². The summed E-state index contributed by atoms with van der Waals surface area (Å²) < 4.78 is 14.0. The number of rotatable bonds is 3. The summed E-state index contributed by atoms with van der Waals surface area (Å²) in [5.41, 5.74) is 2.53. The van der Waals surface area contributed by atoms with Gasteiger partial charge in [-0.1, -0.05) is 20.8 Å². The Morgan fingerprint density at radius 3 is 2.74 bits per heavy atom. The Balaban J connectivity index is 2.43. The summed E-state index contributed by atoms with van der Waals surface area (Å²) in [7, 11) is -0.795. The van der Waals surface area contributed by atoms with E-state index in [4.69, 9.17) is 4.98 Å². The van der Waals surface area contributed by atoms with Crippen LogP contribution in [0.5, 0.6) is 0 Å².